The maximum atomic E-state index is 14.1. The van der Waals surface area contributed by atoms with E-state index in [4.69, 9.17) is 4.74 Å². The standard InChI is InChI=1S/C26H26FNO3/c1-26(16-21-9-5-6-10-23(21)27)17-22-15-20(11-12-24(22)31-26)25(30)28(13-14-29)18-19-7-3-2-4-8-19/h2-12,15,29H,13-14,16-18H2,1H3. The molecule has 0 aliphatic carbocycles. The maximum Gasteiger partial charge on any atom is 0.254 e. The van der Waals surface area contributed by atoms with Crippen molar-refractivity contribution >= 4 is 5.91 Å². The molecule has 3 aromatic rings. The van der Waals surface area contributed by atoms with Crippen LogP contribution in [0.1, 0.15) is 34.0 Å². The van der Waals surface area contributed by atoms with Gasteiger partial charge in [0.2, 0.25) is 0 Å². The topological polar surface area (TPSA) is 49.8 Å². The van der Waals surface area contributed by atoms with Crippen molar-refractivity contribution in [1.82, 2.24) is 4.90 Å². The molecule has 1 unspecified atom stereocenters. The van der Waals surface area contributed by atoms with Crippen LogP contribution in [0.15, 0.2) is 72.8 Å². The van der Waals surface area contributed by atoms with Gasteiger partial charge in [0.15, 0.2) is 0 Å². The Bertz CT molecular complexity index is 1070. The van der Waals surface area contributed by atoms with Crippen molar-refractivity contribution in [2.45, 2.75) is 31.9 Å². The Balaban J connectivity index is 1.52. The number of carbonyl (C=O) groups is 1. The molecule has 0 saturated carbocycles. The summed E-state index contributed by atoms with van der Waals surface area (Å²) in [6, 6.07) is 21.9. The normalized spacial score (nSPS) is 17.1. The molecule has 1 N–H and O–H groups in total. The lowest BCUT2D eigenvalue weighted by molar-refractivity contribution is 0.0707. The van der Waals surface area contributed by atoms with Gasteiger partial charge in [-0.15, -0.1) is 0 Å². The summed E-state index contributed by atoms with van der Waals surface area (Å²) >= 11 is 0. The summed E-state index contributed by atoms with van der Waals surface area (Å²) in [5, 5.41) is 9.45. The van der Waals surface area contributed by atoms with Crippen LogP contribution in [0.5, 0.6) is 5.75 Å². The molecular weight excluding hydrogens is 393 g/mol. The summed E-state index contributed by atoms with van der Waals surface area (Å²) in [6.07, 6.45) is 1.04. The van der Waals surface area contributed by atoms with E-state index in [0.717, 1.165) is 16.9 Å². The number of hydrogen-bond acceptors (Lipinski definition) is 3. The predicted molar refractivity (Wildman–Crippen MR) is 118 cm³/mol. The van der Waals surface area contributed by atoms with E-state index in [9.17, 15) is 14.3 Å². The minimum Gasteiger partial charge on any atom is -0.487 e. The molecule has 1 aliphatic heterocycles. The Morgan fingerprint density at radius 3 is 2.58 bits per heavy atom. The first-order valence-electron chi connectivity index (χ1n) is 10.5. The van der Waals surface area contributed by atoms with Crippen LogP contribution in [-0.2, 0) is 19.4 Å². The number of hydrogen-bond donors (Lipinski definition) is 1. The van der Waals surface area contributed by atoms with E-state index in [1.807, 2.05) is 55.5 Å². The van der Waals surface area contributed by atoms with Gasteiger partial charge in [0.1, 0.15) is 17.2 Å². The van der Waals surface area contributed by atoms with Crippen LogP contribution in [0.25, 0.3) is 0 Å². The Morgan fingerprint density at radius 1 is 1.10 bits per heavy atom. The number of nitrogens with zero attached hydrogens (tertiary/aromatic N) is 1. The highest BCUT2D eigenvalue weighted by Gasteiger charge is 2.36. The summed E-state index contributed by atoms with van der Waals surface area (Å²) in [5.41, 5.74) is 2.55. The van der Waals surface area contributed by atoms with E-state index in [1.54, 1.807) is 23.1 Å². The lowest BCUT2D eigenvalue weighted by Gasteiger charge is -2.24. The summed E-state index contributed by atoms with van der Waals surface area (Å²) in [7, 11) is 0. The SMILES string of the molecule is CC1(Cc2ccccc2F)Cc2cc(C(=O)N(CCO)Cc3ccccc3)ccc2O1. The van der Waals surface area contributed by atoms with Crippen LogP contribution in [-0.4, -0.2) is 34.7 Å². The minimum absolute atomic E-state index is 0.104. The van der Waals surface area contributed by atoms with Gasteiger partial charge in [0.25, 0.3) is 5.91 Å². The first-order chi connectivity index (χ1) is 15.0. The molecule has 3 aromatic carbocycles. The third kappa shape index (κ3) is 4.78. The molecule has 0 saturated heterocycles. The lowest BCUT2D eigenvalue weighted by atomic mass is 9.91. The van der Waals surface area contributed by atoms with Crippen molar-refractivity contribution in [1.29, 1.82) is 0 Å². The molecule has 5 heteroatoms. The first kappa shape index (κ1) is 21.1. The highest BCUT2D eigenvalue weighted by atomic mass is 19.1. The van der Waals surface area contributed by atoms with Crippen molar-refractivity contribution in [2.75, 3.05) is 13.2 Å². The number of benzene rings is 3. The first-order valence-corrected chi connectivity index (χ1v) is 10.5. The van der Waals surface area contributed by atoms with Gasteiger partial charge >= 0.3 is 0 Å². The summed E-state index contributed by atoms with van der Waals surface area (Å²) < 4.78 is 20.3. The second-order valence-corrected chi connectivity index (χ2v) is 8.26. The minimum atomic E-state index is -0.568. The number of rotatable bonds is 7. The third-order valence-electron chi connectivity index (χ3n) is 5.62. The van der Waals surface area contributed by atoms with Gasteiger partial charge in [-0.05, 0) is 47.9 Å². The smallest absolute Gasteiger partial charge is 0.254 e. The fourth-order valence-corrected chi connectivity index (χ4v) is 4.16. The van der Waals surface area contributed by atoms with Gasteiger partial charge in [0, 0.05) is 31.5 Å². The molecular formula is C26H26FNO3. The largest absolute Gasteiger partial charge is 0.487 e. The number of ether oxygens (including phenoxy) is 1. The van der Waals surface area contributed by atoms with Crippen LogP contribution in [0, 0.1) is 5.82 Å². The second-order valence-electron chi connectivity index (χ2n) is 8.26. The van der Waals surface area contributed by atoms with Crippen LogP contribution in [0.4, 0.5) is 4.39 Å². The number of carbonyl (C=O) groups excluding carboxylic acids is 1. The number of halogens is 1. The van der Waals surface area contributed by atoms with Crippen LogP contribution in [0.2, 0.25) is 0 Å². The Hall–Kier alpha value is -3.18. The van der Waals surface area contributed by atoms with Crippen molar-refractivity contribution in [3.63, 3.8) is 0 Å². The molecule has 1 heterocycles. The van der Waals surface area contributed by atoms with E-state index >= 15 is 0 Å². The van der Waals surface area contributed by atoms with Gasteiger partial charge in [-0.2, -0.15) is 0 Å². The van der Waals surface area contributed by atoms with Gasteiger partial charge < -0.3 is 14.7 Å². The van der Waals surface area contributed by atoms with E-state index in [0.29, 0.717) is 30.5 Å². The van der Waals surface area contributed by atoms with E-state index in [2.05, 4.69) is 0 Å². The molecule has 1 atom stereocenters. The fourth-order valence-electron chi connectivity index (χ4n) is 4.16. The molecule has 1 aliphatic rings. The fraction of sp³-hybridized carbons (Fsp3) is 0.269. The zero-order valence-corrected chi connectivity index (χ0v) is 17.6. The molecule has 0 aromatic heterocycles. The zero-order valence-electron chi connectivity index (χ0n) is 17.6. The van der Waals surface area contributed by atoms with E-state index in [1.165, 1.54) is 6.07 Å². The average molecular weight is 419 g/mol. The van der Waals surface area contributed by atoms with Crippen LogP contribution in [0.3, 0.4) is 0 Å². The molecule has 0 fully saturated rings. The number of amides is 1. The number of aliphatic hydroxyl groups is 1. The average Bonchev–Trinajstić information content (AvgIpc) is 3.10. The monoisotopic (exact) mass is 419 g/mol. The Labute approximate surface area is 181 Å². The molecule has 0 spiro atoms. The van der Waals surface area contributed by atoms with Gasteiger partial charge in [-0.1, -0.05) is 48.5 Å². The summed E-state index contributed by atoms with van der Waals surface area (Å²) in [5.74, 6) is 0.357. The van der Waals surface area contributed by atoms with E-state index in [-0.39, 0.29) is 24.9 Å². The maximum absolute atomic E-state index is 14.1. The number of fused-ring (bicyclic) bond motifs is 1. The molecule has 4 nitrogen and oxygen atoms in total. The highest BCUT2D eigenvalue weighted by Crippen LogP contribution is 2.38. The zero-order chi connectivity index (χ0) is 21.8. The summed E-state index contributed by atoms with van der Waals surface area (Å²) in [6.45, 7) is 2.55. The Morgan fingerprint density at radius 2 is 1.84 bits per heavy atom. The number of aliphatic hydroxyl groups excluding tert-OH is 1. The van der Waals surface area contributed by atoms with E-state index < -0.39 is 5.60 Å². The predicted octanol–water partition coefficient (Wildman–Crippen LogP) is 4.40. The molecule has 0 bridgehead atoms. The van der Waals surface area contributed by atoms with Gasteiger partial charge in [0.05, 0.1) is 6.61 Å². The molecule has 1 amide bonds. The van der Waals surface area contributed by atoms with Gasteiger partial charge in [-0.25, -0.2) is 4.39 Å². The van der Waals surface area contributed by atoms with Crippen LogP contribution < -0.4 is 4.74 Å². The van der Waals surface area contributed by atoms with Crippen molar-refractivity contribution in [3.8, 4) is 5.75 Å². The van der Waals surface area contributed by atoms with Crippen molar-refractivity contribution < 1.29 is 19.0 Å². The second kappa shape index (κ2) is 8.90. The summed E-state index contributed by atoms with van der Waals surface area (Å²) in [4.78, 5) is 14.8. The highest BCUT2D eigenvalue weighted by molar-refractivity contribution is 5.94. The molecule has 160 valence electrons. The molecule has 0 radical (unpaired) electrons. The lowest BCUT2D eigenvalue weighted by Crippen LogP contribution is -2.33. The van der Waals surface area contributed by atoms with Crippen LogP contribution >= 0.6 is 0 Å². The quantitative estimate of drug-likeness (QED) is 0.618. The molecule has 4 rings (SSSR count). The van der Waals surface area contributed by atoms with Crippen molar-refractivity contribution in [3.05, 3.63) is 101 Å². The van der Waals surface area contributed by atoms with Crippen molar-refractivity contribution in [2.24, 2.45) is 0 Å². The molecule has 31 heavy (non-hydrogen) atoms. The third-order valence-corrected chi connectivity index (χ3v) is 5.62. The van der Waals surface area contributed by atoms with Gasteiger partial charge in [-0.3, -0.25) is 4.79 Å². The Kier molecular flexibility index (Phi) is 6.05.